The molecular weight excluding hydrogens is 476 g/mol. The number of rotatable bonds is 11. The molecular formula is C27H48O6Si2. The average molecular weight is 525 g/mol. The predicted octanol–water partition coefficient (Wildman–Crippen LogP) is 7.27. The number of hydrogen-bond acceptors (Lipinski definition) is 6. The Bertz CT molecular complexity index is 865. The summed E-state index contributed by atoms with van der Waals surface area (Å²) >= 11 is 0. The molecule has 1 atom stereocenters. The lowest BCUT2D eigenvalue weighted by Gasteiger charge is -2.38. The zero-order chi connectivity index (χ0) is 27.2. The molecule has 1 aromatic rings. The molecule has 0 aliphatic rings. The van der Waals surface area contributed by atoms with Crippen molar-refractivity contribution in [1.29, 1.82) is 0 Å². The first-order chi connectivity index (χ1) is 15.8. The Kier molecular flexibility index (Phi) is 10.7. The van der Waals surface area contributed by atoms with Crippen molar-refractivity contribution in [1.82, 2.24) is 0 Å². The molecule has 1 rings (SSSR count). The molecule has 0 fully saturated rings. The highest BCUT2D eigenvalue weighted by molar-refractivity contribution is 6.75. The molecule has 0 aliphatic carbocycles. The smallest absolute Gasteiger partial charge is 0.305 e. The van der Waals surface area contributed by atoms with Gasteiger partial charge in [-0.05, 0) is 61.2 Å². The van der Waals surface area contributed by atoms with Crippen molar-refractivity contribution in [2.75, 3.05) is 6.61 Å². The van der Waals surface area contributed by atoms with Crippen LogP contribution in [0.3, 0.4) is 0 Å². The van der Waals surface area contributed by atoms with Gasteiger partial charge in [0.25, 0.3) is 0 Å². The van der Waals surface area contributed by atoms with Crippen molar-refractivity contribution < 1.29 is 27.9 Å². The van der Waals surface area contributed by atoms with Gasteiger partial charge in [-0.25, -0.2) is 0 Å². The number of carbonyl (C=O) groups is 2. The van der Waals surface area contributed by atoms with E-state index in [4.69, 9.17) is 18.3 Å². The maximum absolute atomic E-state index is 11.9. The van der Waals surface area contributed by atoms with Crippen molar-refractivity contribution in [2.24, 2.45) is 0 Å². The maximum Gasteiger partial charge on any atom is 0.305 e. The van der Waals surface area contributed by atoms with Gasteiger partial charge in [0.15, 0.2) is 0 Å². The summed E-state index contributed by atoms with van der Waals surface area (Å²) < 4.78 is 23.9. The summed E-state index contributed by atoms with van der Waals surface area (Å²) in [5.41, 5.74) is 0.938. The van der Waals surface area contributed by atoms with Gasteiger partial charge < -0.3 is 18.3 Å². The number of hydrogen-bond donors (Lipinski definition) is 0. The summed E-state index contributed by atoms with van der Waals surface area (Å²) in [7, 11) is -4.18. The van der Waals surface area contributed by atoms with E-state index in [9.17, 15) is 9.59 Å². The summed E-state index contributed by atoms with van der Waals surface area (Å²) in [6, 6.07) is 5.97. The van der Waals surface area contributed by atoms with E-state index >= 15 is 0 Å². The largest absolute Gasteiger partial charge is 0.543 e. The average Bonchev–Trinajstić information content (AvgIpc) is 2.65. The second-order valence-corrected chi connectivity index (χ2v) is 21.7. The molecule has 1 aromatic carbocycles. The van der Waals surface area contributed by atoms with Crippen molar-refractivity contribution in [3.8, 4) is 11.5 Å². The van der Waals surface area contributed by atoms with Gasteiger partial charge in [-0.2, -0.15) is 0 Å². The van der Waals surface area contributed by atoms with Crippen LogP contribution in [0.5, 0.6) is 11.5 Å². The van der Waals surface area contributed by atoms with Crippen LogP contribution in [0.1, 0.15) is 73.8 Å². The summed E-state index contributed by atoms with van der Waals surface area (Å²) in [6.45, 7) is 25.6. The fourth-order valence-electron chi connectivity index (χ4n) is 2.93. The van der Waals surface area contributed by atoms with Gasteiger partial charge in [0.1, 0.15) is 17.6 Å². The second kappa shape index (κ2) is 12.0. The molecule has 0 spiro atoms. The van der Waals surface area contributed by atoms with E-state index < -0.39 is 22.7 Å². The highest BCUT2D eigenvalue weighted by Crippen LogP contribution is 2.41. The van der Waals surface area contributed by atoms with Crippen LogP contribution in [0.15, 0.2) is 18.2 Å². The summed E-state index contributed by atoms with van der Waals surface area (Å²) in [4.78, 5) is 23.7. The van der Waals surface area contributed by atoms with E-state index in [-0.39, 0.29) is 28.4 Å². The molecule has 0 bridgehead atoms. The SMILES string of the molecule is CCOC(=O)CC[C@H](Cc1ccc(O[Si](C)(C)C(C)(C)C)cc1O[Si](C)(C)C(C)(C)C)OC(C)=O. The minimum absolute atomic E-state index is 0.0136. The molecule has 0 radical (unpaired) electrons. The van der Waals surface area contributed by atoms with Crippen molar-refractivity contribution >= 4 is 28.6 Å². The van der Waals surface area contributed by atoms with Crippen LogP contribution in [0.2, 0.25) is 36.3 Å². The lowest BCUT2D eigenvalue weighted by Crippen LogP contribution is -2.44. The summed E-state index contributed by atoms with van der Waals surface area (Å²) in [6.07, 6.45) is 0.575. The molecule has 0 saturated carbocycles. The molecule has 0 N–H and O–H groups in total. The molecule has 0 aliphatic heterocycles. The van der Waals surface area contributed by atoms with Crippen LogP contribution < -0.4 is 8.85 Å². The van der Waals surface area contributed by atoms with Gasteiger partial charge in [-0.3, -0.25) is 9.59 Å². The van der Waals surface area contributed by atoms with Crippen LogP contribution in [-0.2, 0) is 25.5 Å². The van der Waals surface area contributed by atoms with Gasteiger partial charge in [-0.1, -0.05) is 47.6 Å². The highest BCUT2D eigenvalue weighted by Gasteiger charge is 2.41. The zero-order valence-corrected chi connectivity index (χ0v) is 26.1. The van der Waals surface area contributed by atoms with E-state index in [1.54, 1.807) is 6.92 Å². The van der Waals surface area contributed by atoms with Crippen LogP contribution in [0.25, 0.3) is 0 Å². The molecule has 8 heteroatoms. The van der Waals surface area contributed by atoms with Gasteiger partial charge in [0.2, 0.25) is 16.6 Å². The highest BCUT2D eigenvalue weighted by atomic mass is 28.4. The van der Waals surface area contributed by atoms with Crippen molar-refractivity contribution in [3.63, 3.8) is 0 Å². The van der Waals surface area contributed by atoms with E-state index in [1.165, 1.54) is 6.92 Å². The third-order valence-corrected chi connectivity index (χ3v) is 15.8. The molecule has 0 amide bonds. The number of benzene rings is 1. The fourth-order valence-corrected chi connectivity index (χ4v) is 5.00. The third kappa shape index (κ3) is 9.63. The number of esters is 2. The first-order valence-electron chi connectivity index (χ1n) is 12.6. The molecule has 6 nitrogen and oxygen atoms in total. The minimum Gasteiger partial charge on any atom is -0.543 e. The van der Waals surface area contributed by atoms with Gasteiger partial charge in [-0.15, -0.1) is 0 Å². The van der Waals surface area contributed by atoms with Crippen molar-refractivity contribution in [2.45, 2.75) is 117 Å². The molecule has 0 unspecified atom stereocenters. The molecule has 0 aromatic heterocycles. The Labute approximate surface area is 215 Å². The summed E-state index contributed by atoms with van der Waals surface area (Å²) in [5, 5.41) is 0.0827. The quantitative estimate of drug-likeness (QED) is 0.224. The number of ether oxygens (including phenoxy) is 2. The van der Waals surface area contributed by atoms with E-state index in [1.807, 2.05) is 18.2 Å². The summed E-state index contributed by atoms with van der Waals surface area (Å²) in [5.74, 6) is 0.898. The van der Waals surface area contributed by atoms with E-state index in [0.717, 1.165) is 17.1 Å². The number of carbonyl (C=O) groups excluding carboxylic acids is 2. The first-order valence-corrected chi connectivity index (χ1v) is 18.4. The Morgan fingerprint density at radius 2 is 1.46 bits per heavy atom. The molecule has 0 heterocycles. The van der Waals surface area contributed by atoms with Gasteiger partial charge >= 0.3 is 11.9 Å². The Morgan fingerprint density at radius 1 is 0.914 bits per heavy atom. The topological polar surface area (TPSA) is 71.1 Å². The Morgan fingerprint density at radius 3 is 1.94 bits per heavy atom. The lowest BCUT2D eigenvalue weighted by molar-refractivity contribution is -0.150. The third-order valence-electron chi connectivity index (χ3n) is 7.15. The van der Waals surface area contributed by atoms with E-state index in [2.05, 4.69) is 67.7 Å². The standard InChI is InChI=1S/C27H48O6Si2/c1-13-30-25(29)17-16-22(31-20(2)28)18-21-14-15-23(32-34(9,10)26(3,4)5)19-24(21)33-35(11,12)27(6,7)8/h14-15,19,22H,13,16-18H2,1-12H3/t22-/m1/s1. The monoisotopic (exact) mass is 524 g/mol. The molecule has 35 heavy (non-hydrogen) atoms. The normalized spacial score (nSPS) is 13.7. The maximum atomic E-state index is 11.9. The fraction of sp³-hybridized carbons (Fsp3) is 0.704. The van der Waals surface area contributed by atoms with Crippen LogP contribution >= 0.6 is 0 Å². The second-order valence-electron chi connectivity index (χ2n) is 12.3. The zero-order valence-electron chi connectivity index (χ0n) is 24.1. The van der Waals surface area contributed by atoms with Crippen molar-refractivity contribution in [3.05, 3.63) is 23.8 Å². The molecule has 200 valence electrons. The minimum atomic E-state index is -2.15. The lowest BCUT2D eigenvalue weighted by atomic mass is 10.0. The molecule has 0 saturated heterocycles. The Balaban J connectivity index is 3.36. The first kappa shape index (κ1) is 31.2. The van der Waals surface area contributed by atoms with Crippen LogP contribution in [0.4, 0.5) is 0 Å². The predicted molar refractivity (Wildman–Crippen MR) is 147 cm³/mol. The Hall–Kier alpha value is -1.81. The van der Waals surface area contributed by atoms with E-state index in [0.29, 0.717) is 19.4 Å². The van der Waals surface area contributed by atoms with Crippen LogP contribution in [0, 0.1) is 0 Å². The van der Waals surface area contributed by atoms with Gasteiger partial charge in [0, 0.05) is 25.8 Å². The van der Waals surface area contributed by atoms with Crippen LogP contribution in [-0.4, -0.2) is 41.3 Å². The van der Waals surface area contributed by atoms with Gasteiger partial charge in [0.05, 0.1) is 6.61 Å².